The van der Waals surface area contributed by atoms with Crippen molar-refractivity contribution in [2.75, 3.05) is 20.2 Å². The summed E-state index contributed by atoms with van der Waals surface area (Å²) < 4.78 is 5.55. The molecule has 0 radical (unpaired) electrons. The first-order valence-electron chi connectivity index (χ1n) is 14.7. The van der Waals surface area contributed by atoms with Gasteiger partial charge in [-0.15, -0.1) is 0 Å². The van der Waals surface area contributed by atoms with Gasteiger partial charge in [0.15, 0.2) is 0 Å². The van der Waals surface area contributed by atoms with E-state index in [2.05, 4.69) is 50.4 Å². The number of nitrogens with zero attached hydrogens (tertiary/aromatic N) is 1. The zero-order valence-corrected chi connectivity index (χ0v) is 26.0. The van der Waals surface area contributed by atoms with Gasteiger partial charge in [-0.2, -0.15) is 0 Å². The van der Waals surface area contributed by atoms with Crippen LogP contribution in [0.1, 0.15) is 80.9 Å². The van der Waals surface area contributed by atoms with Crippen molar-refractivity contribution in [3.05, 3.63) is 89.0 Å². The molecule has 0 saturated carbocycles. The molecule has 0 bridgehead atoms. The molecule has 0 saturated heterocycles. The highest BCUT2D eigenvalue weighted by atomic mass is 16.5. The first-order valence-corrected chi connectivity index (χ1v) is 14.7. The Morgan fingerprint density at radius 3 is 2.26 bits per heavy atom. The quantitative estimate of drug-likeness (QED) is 0.113. The smallest absolute Gasteiger partial charge is 0.339 e. The second kappa shape index (κ2) is 17.1. The van der Waals surface area contributed by atoms with Gasteiger partial charge in [0.25, 0.3) is 0 Å². The number of aromatic carboxylic acids is 1. The normalized spacial score (nSPS) is 10.8. The van der Waals surface area contributed by atoms with Crippen molar-refractivity contribution < 1.29 is 19.4 Å². The Kier molecular flexibility index (Phi) is 13.9. The number of aryl methyl sites for hydroxylation is 1. The predicted molar refractivity (Wildman–Crippen MR) is 172 cm³/mol. The summed E-state index contributed by atoms with van der Waals surface area (Å²) in [5.74, 6) is -0.302. The minimum atomic E-state index is -1.01. The zero-order chi connectivity index (χ0) is 31.1. The second-order valence-corrected chi connectivity index (χ2v) is 11.2. The molecule has 7 heteroatoms. The van der Waals surface area contributed by atoms with E-state index in [1.807, 2.05) is 51.2 Å². The van der Waals surface area contributed by atoms with Gasteiger partial charge in [-0.05, 0) is 78.6 Å². The van der Waals surface area contributed by atoms with E-state index in [4.69, 9.17) is 10.1 Å². The zero-order valence-electron chi connectivity index (χ0n) is 26.0. The Morgan fingerprint density at radius 2 is 1.69 bits per heavy atom. The third-order valence-electron chi connectivity index (χ3n) is 6.83. The van der Waals surface area contributed by atoms with Crippen LogP contribution in [-0.4, -0.2) is 48.4 Å². The minimum Gasteiger partial charge on any atom is -0.493 e. The Morgan fingerprint density at radius 1 is 1.00 bits per heavy atom. The highest BCUT2D eigenvalue weighted by Gasteiger charge is 2.14. The fourth-order valence-electron chi connectivity index (χ4n) is 4.38. The largest absolute Gasteiger partial charge is 0.493 e. The topological polar surface area (TPSA) is 103 Å². The molecule has 226 valence electrons. The number of ether oxygens (including phenoxy) is 1. The van der Waals surface area contributed by atoms with Crippen LogP contribution >= 0.6 is 0 Å². The molecular weight excluding hydrogens is 526 g/mol. The molecular formula is C35H47N3O4. The average molecular weight is 574 g/mol. The van der Waals surface area contributed by atoms with Gasteiger partial charge in [-0.25, -0.2) is 4.79 Å². The van der Waals surface area contributed by atoms with Crippen molar-refractivity contribution >= 4 is 18.2 Å². The Balaban J connectivity index is 0.000000395. The number of carboxylic acid groups (broad SMARTS) is 1. The van der Waals surface area contributed by atoms with Crippen LogP contribution in [0.3, 0.4) is 0 Å². The van der Waals surface area contributed by atoms with E-state index < -0.39 is 5.97 Å². The maximum absolute atomic E-state index is 11.6. The van der Waals surface area contributed by atoms with Gasteiger partial charge in [-0.1, -0.05) is 82.3 Å². The molecule has 3 aromatic carbocycles. The molecule has 0 spiro atoms. The molecule has 0 fully saturated rings. The molecule has 0 atom stereocenters. The van der Waals surface area contributed by atoms with Crippen LogP contribution in [0.4, 0.5) is 0 Å². The Hall–Kier alpha value is -3.97. The van der Waals surface area contributed by atoms with Gasteiger partial charge in [0.2, 0.25) is 6.41 Å². The minimum absolute atomic E-state index is 0.156. The fourth-order valence-corrected chi connectivity index (χ4v) is 4.38. The number of amidine groups is 1. The van der Waals surface area contributed by atoms with Gasteiger partial charge < -0.3 is 20.1 Å². The summed E-state index contributed by atoms with van der Waals surface area (Å²) in [6.45, 7) is 12.5. The number of amides is 1. The molecule has 0 aliphatic carbocycles. The van der Waals surface area contributed by atoms with E-state index in [9.17, 15) is 14.7 Å². The number of nitrogens with one attached hydrogen (secondary N) is 2. The lowest BCUT2D eigenvalue weighted by Crippen LogP contribution is -2.28. The maximum Gasteiger partial charge on any atom is 0.339 e. The average Bonchev–Trinajstić information content (AvgIpc) is 2.97. The SMILES string of the molecule is CCCOc1ccc(-c2cccc(CCCC(=N)N(C=O)CC)c2)cc1C(=O)O.CNCc1ccc(C(C)(C)C)cc1. The van der Waals surface area contributed by atoms with Crippen LogP contribution in [0.15, 0.2) is 66.7 Å². The lowest BCUT2D eigenvalue weighted by molar-refractivity contribution is -0.114. The number of carbonyl (C=O) groups excluding carboxylic acids is 1. The molecule has 3 aromatic rings. The van der Waals surface area contributed by atoms with Crippen LogP contribution in [-0.2, 0) is 23.2 Å². The van der Waals surface area contributed by atoms with Crippen LogP contribution in [0.25, 0.3) is 11.1 Å². The van der Waals surface area contributed by atoms with Gasteiger partial charge >= 0.3 is 5.97 Å². The lowest BCUT2D eigenvalue weighted by atomic mass is 9.87. The van der Waals surface area contributed by atoms with Gasteiger partial charge in [0.05, 0.1) is 6.61 Å². The molecule has 0 unspecified atom stereocenters. The molecule has 0 aliphatic heterocycles. The molecule has 0 heterocycles. The van der Waals surface area contributed by atoms with Crippen molar-refractivity contribution in [3.63, 3.8) is 0 Å². The summed E-state index contributed by atoms with van der Waals surface area (Å²) in [6.07, 6.45) is 3.57. The molecule has 0 aromatic heterocycles. The summed E-state index contributed by atoms with van der Waals surface area (Å²) in [5.41, 5.74) is 6.01. The molecule has 7 nitrogen and oxygen atoms in total. The summed E-state index contributed by atoms with van der Waals surface area (Å²) in [6, 6.07) is 22.0. The second-order valence-electron chi connectivity index (χ2n) is 11.2. The van der Waals surface area contributed by atoms with E-state index in [0.717, 1.165) is 42.5 Å². The van der Waals surface area contributed by atoms with Gasteiger partial charge in [0, 0.05) is 19.5 Å². The molecule has 1 amide bonds. The summed E-state index contributed by atoms with van der Waals surface area (Å²) >= 11 is 0. The van der Waals surface area contributed by atoms with Crippen LogP contribution in [0, 0.1) is 5.41 Å². The Bertz CT molecular complexity index is 1300. The molecule has 3 N–H and O–H groups in total. The van der Waals surface area contributed by atoms with Crippen molar-refractivity contribution in [1.29, 1.82) is 5.41 Å². The monoisotopic (exact) mass is 573 g/mol. The van der Waals surface area contributed by atoms with E-state index in [0.29, 0.717) is 37.6 Å². The molecule has 42 heavy (non-hydrogen) atoms. The third kappa shape index (κ3) is 10.8. The van der Waals surface area contributed by atoms with E-state index in [-0.39, 0.29) is 11.0 Å². The summed E-state index contributed by atoms with van der Waals surface area (Å²) in [7, 11) is 1.97. The third-order valence-corrected chi connectivity index (χ3v) is 6.83. The van der Waals surface area contributed by atoms with Crippen molar-refractivity contribution in [2.45, 2.75) is 72.3 Å². The maximum atomic E-state index is 11.6. The lowest BCUT2D eigenvalue weighted by Gasteiger charge is -2.19. The summed E-state index contributed by atoms with van der Waals surface area (Å²) in [4.78, 5) is 23.9. The van der Waals surface area contributed by atoms with Crippen LogP contribution < -0.4 is 10.1 Å². The van der Waals surface area contributed by atoms with Gasteiger partial charge in [0.1, 0.15) is 17.1 Å². The molecule has 3 rings (SSSR count). The number of carbonyl (C=O) groups is 2. The first kappa shape index (κ1) is 34.2. The van der Waals surface area contributed by atoms with E-state index in [1.165, 1.54) is 16.0 Å². The summed E-state index contributed by atoms with van der Waals surface area (Å²) in [5, 5.41) is 20.6. The van der Waals surface area contributed by atoms with Crippen molar-refractivity contribution in [2.24, 2.45) is 0 Å². The molecule has 0 aliphatic rings. The Labute approximate surface area is 251 Å². The van der Waals surface area contributed by atoms with Gasteiger partial charge in [-0.3, -0.25) is 10.2 Å². The fraction of sp³-hybridized carbons (Fsp3) is 0.400. The van der Waals surface area contributed by atoms with Crippen LogP contribution in [0.2, 0.25) is 0 Å². The number of hydrogen-bond donors (Lipinski definition) is 3. The number of rotatable bonds is 13. The van der Waals surface area contributed by atoms with Crippen molar-refractivity contribution in [1.82, 2.24) is 10.2 Å². The number of benzene rings is 3. The number of carboxylic acids is 1. The highest BCUT2D eigenvalue weighted by Crippen LogP contribution is 2.28. The van der Waals surface area contributed by atoms with E-state index in [1.54, 1.807) is 12.1 Å². The van der Waals surface area contributed by atoms with Crippen LogP contribution in [0.5, 0.6) is 5.75 Å². The van der Waals surface area contributed by atoms with Crippen molar-refractivity contribution in [3.8, 4) is 16.9 Å². The number of hydrogen-bond acceptors (Lipinski definition) is 5. The predicted octanol–water partition coefficient (Wildman–Crippen LogP) is 7.32. The van der Waals surface area contributed by atoms with E-state index >= 15 is 0 Å². The standard InChI is InChI=1S/C23H28N2O4.C12H19N/c1-3-13-29-21-12-11-19(15-20(21)23(27)28)18-9-5-7-17(14-18)8-6-10-22(24)25(4-2)16-26;1-12(2,3)11-7-5-10(6-8-11)9-13-4/h5,7,9,11-12,14-16,24H,3-4,6,8,10,13H2,1-2H3,(H,27,28);5-8,13H,9H2,1-4H3. The highest BCUT2D eigenvalue weighted by molar-refractivity contribution is 5.92. The first-order chi connectivity index (χ1) is 20.0.